The number of benzene rings is 2. The summed E-state index contributed by atoms with van der Waals surface area (Å²) in [6.45, 7) is 14.4. The van der Waals surface area contributed by atoms with E-state index >= 15 is 4.39 Å². The van der Waals surface area contributed by atoms with E-state index in [9.17, 15) is 14.4 Å². The van der Waals surface area contributed by atoms with E-state index in [1.165, 1.54) is 0 Å². The van der Waals surface area contributed by atoms with Crippen LogP contribution in [0.2, 0.25) is 0 Å². The van der Waals surface area contributed by atoms with Crippen LogP contribution in [0.1, 0.15) is 84.8 Å². The van der Waals surface area contributed by atoms with Gasteiger partial charge < -0.3 is 29.6 Å². The summed E-state index contributed by atoms with van der Waals surface area (Å²) in [5.74, 6) is -1.15. The number of carbonyl (C=O) groups is 2. The normalized spacial score (nSPS) is 17.7. The van der Waals surface area contributed by atoms with E-state index in [2.05, 4.69) is 22.1 Å². The molecule has 1 spiro atoms. The highest BCUT2D eigenvalue weighted by molar-refractivity contribution is 6.09. The zero-order chi connectivity index (χ0) is 34.3. The largest absolute Gasteiger partial charge is 0.381 e. The molecule has 4 heterocycles. The fourth-order valence-corrected chi connectivity index (χ4v) is 7.97. The first-order chi connectivity index (χ1) is 23.0. The van der Waals surface area contributed by atoms with Gasteiger partial charge in [0.2, 0.25) is 5.91 Å². The zero-order valence-corrected chi connectivity index (χ0v) is 28.9. The molecule has 48 heavy (non-hydrogen) atoms. The van der Waals surface area contributed by atoms with Gasteiger partial charge in [-0.15, -0.1) is 0 Å². The molecule has 2 aromatic carbocycles. The summed E-state index contributed by atoms with van der Waals surface area (Å²) in [5.41, 5.74) is 4.90. The molecule has 0 atom stereocenters. The lowest BCUT2D eigenvalue weighted by Gasteiger charge is -2.37. The molecule has 2 fully saturated rings. The van der Waals surface area contributed by atoms with E-state index in [1.54, 1.807) is 13.8 Å². The minimum atomic E-state index is -0.646. The Morgan fingerprint density at radius 1 is 1.06 bits per heavy atom. The summed E-state index contributed by atoms with van der Waals surface area (Å²) in [7, 11) is 0. The summed E-state index contributed by atoms with van der Waals surface area (Å²) < 4.78 is 28.3. The van der Waals surface area contributed by atoms with E-state index < -0.39 is 17.1 Å². The number of fused-ring (bicyclic) bond motifs is 2. The fourth-order valence-electron chi connectivity index (χ4n) is 7.97. The van der Waals surface area contributed by atoms with E-state index in [1.807, 2.05) is 56.0 Å². The van der Waals surface area contributed by atoms with Crippen LogP contribution in [0.3, 0.4) is 0 Å². The van der Waals surface area contributed by atoms with Gasteiger partial charge in [-0.25, -0.2) is 4.39 Å². The van der Waals surface area contributed by atoms with Crippen molar-refractivity contribution in [2.75, 3.05) is 42.8 Å². The van der Waals surface area contributed by atoms with Crippen LogP contribution < -0.4 is 20.7 Å². The minimum absolute atomic E-state index is 0.0354. The highest BCUT2D eigenvalue weighted by atomic mass is 19.1. The van der Waals surface area contributed by atoms with Crippen LogP contribution in [-0.2, 0) is 26.2 Å². The molecule has 0 bridgehead atoms. The first kappa shape index (κ1) is 33.9. The summed E-state index contributed by atoms with van der Waals surface area (Å²) in [5, 5.41) is 2.85. The highest BCUT2D eigenvalue weighted by Gasteiger charge is 2.52. The van der Waals surface area contributed by atoms with Crippen LogP contribution in [0.4, 0.5) is 15.8 Å². The van der Waals surface area contributed by atoms with Gasteiger partial charge in [-0.1, -0.05) is 12.1 Å². The molecule has 0 unspecified atom stereocenters. The average molecular weight is 659 g/mol. The number of aromatic nitrogens is 1. The molecule has 2 amide bonds. The Labute approximate surface area is 281 Å². The molecule has 6 rings (SSSR count). The Morgan fingerprint density at radius 2 is 1.75 bits per heavy atom. The molecule has 3 aliphatic heterocycles. The number of halogens is 1. The summed E-state index contributed by atoms with van der Waals surface area (Å²) >= 11 is 0. The number of H-pyrrole nitrogens is 1. The first-order valence-corrected chi connectivity index (χ1v) is 17.2. The number of ether oxygens (including phenoxy) is 2. The minimum Gasteiger partial charge on any atom is -0.381 e. The van der Waals surface area contributed by atoms with Crippen LogP contribution in [0.5, 0.6) is 0 Å². The topological polar surface area (TPSA) is 104 Å². The SMILES string of the molecule is CCN(c1cc(-c2ccc3c(c2)N(C(C)C)C(=O)C32CCOCC2)c(F)c(C(=O)NCc2c(C)cc(C)[nH]c2=O)c1C)C1CCOCC1. The molecule has 2 saturated heterocycles. The van der Waals surface area contributed by atoms with Crippen molar-refractivity contribution in [3.63, 3.8) is 0 Å². The first-order valence-electron chi connectivity index (χ1n) is 17.2. The van der Waals surface area contributed by atoms with Gasteiger partial charge in [-0.3, -0.25) is 14.4 Å². The molecular formula is C38H47FN4O5. The van der Waals surface area contributed by atoms with Gasteiger partial charge in [-0.2, -0.15) is 0 Å². The molecule has 9 nitrogen and oxygen atoms in total. The van der Waals surface area contributed by atoms with Crippen LogP contribution in [0.15, 0.2) is 35.1 Å². The second-order valence-corrected chi connectivity index (χ2v) is 13.7. The Morgan fingerprint density at radius 3 is 2.40 bits per heavy atom. The maximum atomic E-state index is 17.0. The summed E-state index contributed by atoms with van der Waals surface area (Å²) in [6.07, 6.45) is 2.86. The van der Waals surface area contributed by atoms with E-state index in [-0.39, 0.29) is 35.7 Å². The van der Waals surface area contributed by atoms with Gasteiger partial charge in [0.05, 0.1) is 11.0 Å². The molecule has 0 aliphatic carbocycles. The Hall–Kier alpha value is -4.02. The molecule has 0 radical (unpaired) electrons. The lowest BCUT2D eigenvalue weighted by molar-refractivity contribution is -0.126. The standard InChI is InChI=1S/C38H47FN4O5/c1-7-42(27-10-14-47-15-11-27)31-20-28(34(39)33(25(31)6)36(45)40-21-29-23(4)18-24(5)41-35(29)44)26-8-9-30-32(19-26)43(22(2)3)37(46)38(30)12-16-48-17-13-38/h8-9,18-20,22,27H,7,10-17,21H2,1-6H3,(H,40,45)(H,41,44). The Balaban J connectivity index is 1.48. The van der Waals surface area contributed by atoms with Crippen molar-refractivity contribution in [2.45, 2.75) is 91.3 Å². The smallest absolute Gasteiger partial charge is 0.254 e. The van der Waals surface area contributed by atoms with Gasteiger partial charge in [0.25, 0.3) is 11.5 Å². The monoisotopic (exact) mass is 658 g/mol. The number of amides is 2. The van der Waals surface area contributed by atoms with Gasteiger partial charge in [-0.05, 0) is 108 Å². The Kier molecular flexibility index (Phi) is 9.51. The van der Waals surface area contributed by atoms with Crippen molar-refractivity contribution in [3.8, 4) is 11.1 Å². The quantitative estimate of drug-likeness (QED) is 0.315. The van der Waals surface area contributed by atoms with Crippen LogP contribution >= 0.6 is 0 Å². The maximum Gasteiger partial charge on any atom is 0.254 e. The fraction of sp³-hybridized carbons (Fsp3) is 0.500. The van der Waals surface area contributed by atoms with Crippen LogP contribution in [0.25, 0.3) is 11.1 Å². The molecule has 3 aliphatic rings. The van der Waals surface area contributed by atoms with E-state index in [4.69, 9.17) is 9.47 Å². The lowest BCUT2D eigenvalue weighted by atomic mass is 9.75. The zero-order valence-electron chi connectivity index (χ0n) is 28.9. The molecule has 0 saturated carbocycles. The Bertz CT molecular complexity index is 1790. The van der Waals surface area contributed by atoms with Crippen LogP contribution in [-0.4, -0.2) is 61.9 Å². The molecule has 1 aromatic heterocycles. The van der Waals surface area contributed by atoms with Crippen molar-refractivity contribution in [3.05, 3.63) is 80.0 Å². The third kappa shape index (κ3) is 5.83. The van der Waals surface area contributed by atoms with Crippen molar-refractivity contribution in [2.24, 2.45) is 0 Å². The number of carbonyl (C=O) groups excluding carboxylic acids is 2. The predicted molar refractivity (Wildman–Crippen MR) is 185 cm³/mol. The summed E-state index contributed by atoms with van der Waals surface area (Å²) in [6, 6.07) is 9.56. The maximum absolute atomic E-state index is 17.0. The number of nitrogens with one attached hydrogen (secondary N) is 2. The van der Waals surface area contributed by atoms with Crippen molar-refractivity contribution >= 4 is 23.2 Å². The molecular weight excluding hydrogens is 611 g/mol. The second-order valence-electron chi connectivity index (χ2n) is 13.7. The number of rotatable bonds is 8. The molecule has 3 aromatic rings. The lowest BCUT2D eigenvalue weighted by Crippen LogP contribution is -2.46. The van der Waals surface area contributed by atoms with Crippen molar-refractivity contribution in [1.82, 2.24) is 10.3 Å². The van der Waals surface area contributed by atoms with Gasteiger partial charge >= 0.3 is 0 Å². The van der Waals surface area contributed by atoms with Gasteiger partial charge in [0.15, 0.2) is 0 Å². The number of pyridine rings is 1. The van der Waals surface area contributed by atoms with Crippen molar-refractivity contribution in [1.29, 1.82) is 0 Å². The summed E-state index contributed by atoms with van der Waals surface area (Å²) in [4.78, 5) is 47.6. The highest BCUT2D eigenvalue weighted by Crippen LogP contribution is 2.50. The molecule has 2 N–H and O–H groups in total. The third-order valence-corrected chi connectivity index (χ3v) is 10.5. The average Bonchev–Trinajstić information content (AvgIpc) is 3.28. The van der Waals surface area contributed by atoms with Crippen molar-refractivity contribution < 1.29 is 23.5 Å². The molecule has 256 valence electrons. The second kappa shape index (κ2) is 13.5. The van der Waals surface area contributed by atoms with Gasteiger partial charge in [0, 0.05) is 79.8 Å². The number of hydrogen-bond donors (Lipinski definition) is 2. The van der Waals surface area contributed by atoms with Crippen LogP contribution in [0, 0.1) is 26.6 Å². The van der Waals surface area contributed by atoms with Gasteiger partial charge in [0.1, 0.15) is 5.82 Å². The molecule has 10 heteroatoms. The number of hydrogen-bond acceptors (Lipinski definition) is 6. The number of aromatic amines is 1. The predicted octanol–water partition coefficient (Wildman–Crippen LogP) is 5.84. The number of anilines is 2. The number of nitrogens with zero attached hydrogens (tertiary/aromatic N) is 2. The third-order valence-electron chi connectivity index (χ3n) is 10.5. The van der Waals surface area contributed by atoms with E-state index in [0.29, 0.717) is 68.1 Å². The number of aryl methyl sites for hydroxylation is 2. The van der Waals surface area contributed by atoms with E-state index in [0.717, 1.165) is 41.0 Å².